The summed E-state index contributed by atoms with van der Waals surface area (Å²) < 4.78 is 13.2. The molecule has 3 heterocycles. The minimum absolute atomic E-state index is 0. The normalized spacial score (nSPS) is 15.5. The second-order valence-electron chi connectivity index (χ2n) is 6.14. The van der Waals surface area contributed by atoms with Crippen LogP contribution < -0.4 is 10.6 Å². The van der Waals surface area contributed by atoms with Gasteiger partial charge in [0.25, 0.3) is 0 Å². The van der Waals surface area contributed by atoms with E-state index in [0.29, 0.717) is 18.5 Å². The molecule has 0 saturated heterocycles. The zero-order valence-electron chi connectivity index (χ0n) is 14.4. The Morgan fingerprint density at radius 3 is 3.04 bits per heavy atom. The maximum absolute atomic E-state index is 13.2. The first-order chi connectivity index (χ1) is 12.2. The molecule has 7 nitrogen and oxygen atoms in total. The Bertz CT molecular complexity index is 912. The summed E-state index contributed by atoms with van der Waals surface area (Å²) in [4.78, 5) is 27.2. The molecule has 1 aliphatic heterocycles. The number of aryl methyl sites for hydroxylation is 1. The van der Waals surface area contributed by atoms with Crippen molar-refractivity contribution in [3.63, 3.8) is 0 Å². The number of nitrogens with zero attached hydrogens (tertiary/aromatic N) is 2. The van der Waals surface area contributed by atoms with Crippen LogP contribution in [0.25, 0.3) is 11.0 Å². The quantitative estimate of drug-likeness (QED) is 0.481. The first-order valence-corrected chi connectivity index (χ1v) is 8.38. The van der Waals surface area contributed by atoms with Crippen molar-refractivity contribution < 1.29 is 9.18 Å². The van der Waals surface area contributed by atoms with Gasteiger partial charge in [-0.05, 0) is 24.6 Å². The van der Waals surface area contributed by atoms with E-state index in [4.69, 9.17) is 0 Å². The molecule has 0 saturated carbocycles. The van der Waals surface area contributed by atoms with E-state index in [1.54, 1.807) is 12.4 Å². The molecule has 1 atom stereocenters. The fraction of sp³-hybridized carbons (Fsp3) is 0.353. The Hall–Kier alpha value is -2.16. The molecule has 27 heavy (non-hydrogen) atoms. The SMILES string of the molecule is Cl.Cl.O=C(NCCCc1nc2ccc(F)cc2[nH]1)C1NCCc2[nH]cnc21. The molecule has 10 heteroatoms. The maximum atomic E-state index is 13.2. The first-order valence-electron chi connectivity index (χ1n) is 8.38. The van der Waals surface area contributed by atoms with Crippen molar-refractivity contribution in [2.24, 2.45) is 0 Å². The third-order valence-electron chi connectivity index (χ3n) is 4.39. The molecule has 0 aliphatic carbocycles. The number of hydrogen-bond acceptors (Lipinski definition) is 4. The van der Waals surface area contributed by atoms with E-state index in [2.05, 4.69) is 30.6 Å². The van der Waals surface area contributed by atoms with Crippen molar-refractivity contribution in [3.8, 4) is 0 Å². The summed E-state index contributed by atoms with van der Waals surface area (Å²) in [7, 11) is 0. The number of benzene rings is 1. The van der Waals surface area contributed by atoms with Crippen molar-refractivity contribution in [1.29, 1.82) is 0 Å². The van der Waals surface area contributed by atoms with Crippen LogP contribution in [-0.2, 0) is 17.6 Å². The van der Waals surface area contributed by atoms with Crippen LogP contribution in [-0.4, -0.2) is 38.9 Å². The first kappa shape index (κ1) is 21.1. The van der Waals surface area contributed by atoms with Crippen molar-refractivity contribution in [3.05, 3.63) is 47.6 Å². The lowest BCUT2D eigenvalue weighted by molar-refractivity contribution is -0.123. The minimum Gasteiger partial charge on any atom is -0.354 e. The van der Waals surface area contributed by atoms with Crippen molar-refractivity contribution in [2.75, 3.05) is 13.1 Å². The highest BCUT2D eigenvalue weighted by atomic mass is 35.5. The number of halogens is 3. The molecule has 0 radical (unpaired) electrons. The van der Waals surface area contributed by atoms with E-state index in [9.17, 15) is 9.18 Å². The van der Waals surface area contributed by atoms with Gasteiger partial charge in [-0.1, -0.05) is 0 Å². The fourth-order valence-electron chi connectivity index (χ4n) is 3.16. The summed E-state index contributed by atoms with van der Waals surface area (Å²) in [6.07, 6.45) is 3.91. The van der Waals surface area contributed by atoms with Gasteiger partial charge in [0.15, 0.2) is 0 Å². The van der Waals surface area contributed by atoms with E-state index in [0.717, 1.165) is 42.1 Å². The summed E-state index contributed by atoms with van der Waals surface area (Å²) in [5.74, 6) is 0.438. The highest BCUT2D eigenvalue weighted by molar-refractivity contribution is 5.85. The topological polar surface area (TPSA) is 98.5 Å². The number of nitrogens with one attached hydrogen (secondary N) is 4. The number of fused-ring (bicyclic) bond motifs is 2. The van der Waals surface area contributed by atoms with Gasteiger partial charge in [-0.25, -0.2) is 14.4 Å². The lowest BCUT2D eigenvalue weighted by Gasteiger charge is -2.22. The van der Waals surface area contributed by atoms with Crippen LogP contribution in [0.5, 0.6) is 0 Å². The molecule has 1 amide bonds. The molecule has 0 fully saturated rings. The number of aromatic nitrogens is 4. The van der Waals surface area contributed by atoms with Crippen LogP contribution in [0.15, 0.2) is 24.5 Å². The summed E-state index contributed by atoms with van der Waals surface area (Å²) in [5, 5.41) is 6.13. The standard InChI is InChI=1S/C17H19FN6O.2ClH/c18-10-3-4-11-13(8-10)24-14(23-11)2-1-6-20-17(25)16-15-12(5-7-19-16)21-9-22-15;;/h3-4,8-9,16,19H,1-2,5-7H2,(H,20,25)(H,21,22)(H,23,24);2*1H. The Morgan fingerprint density at radius 2 is 2.19 bits per heavy atom. The van der Waals surface area contributed by atoms with Crippen LogP contribution >= 0.6 is 24.8 Å². The summed E-state index contributed by atoms with van der Waals surface area (Å²) in [5.41, 5.74) is 3.24. The van der Waals surface area contributed by atoms with Gasteiger partial charge in [-0.15, -0.1) is 24.8 Å². The molecule has 1 unspecified atom stereocenters. The summed E-state index contributed by atoms with van der Waals surface area (Å²) in [6.45, 7) is 1.30. The Morgan fingerprint density at radius 1 is 1.33 bits per heavy atom. The third kappa shape index (κ3) is 4.58. The molecule has 3 aromatic rings. The van der Waals surface area contributed by atoms with Gasteiger partial charge in [0.2, 0.25) is 5.91 Å². The maximum Gasteiger partial charge on any atom is 0.243 e. The third-order valence-corrected chi connectivity index (χ3v) is 4.39. The molecule has 4 N–H and O–H groups in total. The van der Waals surface area contributed by atoms with Gasteiger partial charge >= 0.3 is 0 Å². The molecule has 146 valence electrons. The molecular weight excluding hydrogens is 394 g/mol. The number of hydrogen-bond donors (Lipinski definition) is 4. The minimum atomic E-state index is -0.399. The van der Waals surface area contributed by atoms with Gasteiger partial charge in [-0.2, -0.15) is 0 Å². The van der Waals surface area contributed by atoms with Crippen LogP contribution in [0.2, 0.25) is 0 Å². The number of carbonyl (C=O) groups excluding carboxylic acids is 1. The molecule has 1 aliphatic rings. The number of aromatic amines is 2. The Labute approximate surface area is 167 Å². The number of rotatable bonds is 5. The largest absolute Gasteiger partial charge is 0.354 e. The van der Waals surface area contributed by atoms with Gasteiger partial charge in [0.1, 0.15) is 17.7 Å². The van der Waals surface area contributed by atoms with Crippen LogP contribution in [0.3, 0.4) is 0 Å². The van der Waals surface area contributed by atoms with Gasteiger partial charge in [0.05, 0.1) is 23.1 Å². The second-order valence-corrected chi connectivity index (χ2v) is 6.14. The monoisotopic (exact) mass is 414 g/mol. The van der Waals surface area contributed by atoms with Crippen molar-refractivity contribution >= 4 is 41.8 Å². The predicted octanol–water partition coefficient (Wildman–Crippen LogP) is 2.20. The number of carbonyl (C=O) groups is 1. The number of imidazole rings is 2. The fourth-order valence-corrected chi connectivity index (χ4v) is 3.16. The molecule has 0 spiro atoms. The number of amides is 1. The van der Waals surface area contributed by atoms with E-state index < -0.39 is 6.04 Å². The van der Waals surface area contributed by atoms with Gasteiger partial charge < -0.3 is 20.6 Å². The molecule has 4 rings (SSSR count). The average Bonchev–Trinajstić information content (AvgIpc) is 3.23. The highest BCUT2D eigenvalue weighted by Crippen LogP contribution is 2.19. The predicted molar refractivity (Wildman–Crippen MR) is 105 cm³/mol. The summed E-state index contributed by atoms with van der Waals surface area (Å²) in [6, 6.07) is 4.09. The van der Waals surface area contributed by atoms with Crippen LogP contribution in [0.4, 0.5) is 4.39 Å². The highest BCUT2D eigenvalue weighted by Gasteiger charge is 2.27. The second kappa shape index (κ2) is 9.16. The lowest BCUT2D eigenvalue weighted by Crippen LogP contribution is -2.41. The molecule has 0 bridgehead atoms. The summed E-state index contributed by atoms with van der Waals surface area (Å²) >= 11 is 0. The zero-order valence-corrected chi connectivity index (χ0v) is 16.1. The van der Waals surface area contributed by atoms with Crippen molar-refractivity contribution in [2.45, 2.75) is 25.3 Å². The lowest BCUT2D eigenvalue weighted by atomic mass is 10.1. The van der Waals surface area contributed by atoms with Gasteiger partial charge in [0, 0.05) is 31.6 Å². The Balaban J connectivity index is 0.00000131. The number of H-pyrrole nitrogens is 2. The van der Waals surface area contributed by atoms with Crippen LogP contribution in [0.1, 0.15) is 29.7 Å². The van der Waals surface area contributed by atoms with E-state index in [1.165, 1.54) is 12.1 Å². The van der Waals surface area contributed by atoms with E-state index in [-0.39, 0.29) is 36.5 Å². The molecular formula is C17H21Cl2FN6O. The Kier molecular flexibility index (Phi) is 7.18. The van der Waals surface area contributed by atoms with Crippen molar-refractivity contribution in [1.82, 2.24) is 30.6 Å². The van der Waals surface area contributed by atoms with E-state index in [1.807, 2.05) is 0 Å². The molecule has 2 aromatic heterocycles. The van der Waals surface area contributed by atoms with Gasteiger partial charge in [-0.3, -0.25) is 4.79 Å². The molecule has 1 aromatic carbocycles. The van der Waals surface area contributed by atoms with E-state index >= 15 is 0 Å². The zero-order chi connectivity index (χ0) is 17.2. The average molecular weight is 415 g/mol. The smallest absolute Gasteiger partial charge is 0.243 e. The van der Waals surface area contributed by atoms with Crippen LogP contribution in [0, 0.1) is 5.82 Å².